The number of furan rings is 2. The van der Waals surface area contributed by atoms with Gasteiger partial charge in [-0.25, -0.2) is 8.78 Å². The average Bonchev–Trinajstić information content (AvgIpc) is 3.25. The Morgan fingerprint density at radius 2 is 1.88 bits per heavy atom. The van der Waals surface area contributed by atoms with Crippen LogP contribution < -0.4 is 5.32 Å². The van der Waals surface area contributed by atoms with Crippen LogP contribution in [0.2, 0.25) is 0 Å². The lowest BCUT2D eigenvalue weighted by Crippen LogP contribution is -2.41. The third kappa shape index (κ3) is 2.81. The molecule has 2 N–H and O–H groups in total. The van der Waals surface area contributed by atoms with Crippen LogP contribution in [0.5, 0.6) is 0 Å². The second-order valence-electron chi connectivity index (χ2n) is 5.13. The van der Waals surface area contributed by atoms with Crippen molar-refractivity contribution in [3.8, 4) is 0 Å². The van der Waals surface area contributed by atoms with Gasteiger partial charge in [-0.1, -0.05) is 6.07 Å². The summed E-state index contributed by atoms with van der Waals surface area (Å²) in [6.07, 6.45) is 4.00. The summed E-state index contributed by atoms with van der Waals surface area (Å²) < 4.78 is 37.5. The molecule has 0 saturated carbocycles. The summed E-state index contributed by atoms with van der Waals surface area (Å²) in [4.78, 5) is 12.1. The van der Waals surface area contributed by atoms with Crippen molar-refractivity contribution in [3.05, 3.63) is 83.7 Å². The lowest BCUT2D eigenvalue weighted by atomic mass is 9.93. The first-order valence-corrected chi connectivity index (χ1v) is 7.03. The normalized spacial score (nSPS) is 13.5. The summed E-state index contributed by atoms with van der Waals surface area (Å²) in [6, 6.07) is 7.70. The van der Waals surface area contributed by atoms with Gasteiger partial charge < -0.3 is 19.3 Å². The number of hydrogen-bond acceptors (Lipinski definition) is 4. The highest BCUT2D eigenvalue weighted by molar-refractivity contribution is 5.94. The van der Waals surface area contributed by atoms with E-state index in [4.69, 9.17) is 8.83 Å². The molecule has 3 aromatic rings. The monoisotopic (exact) mass is 333 g/mol. The van der Waals surface area contributed by atoms with Crippen LogP contribution in [0.25, 0.3) is 0 Å². The minimum absolute atomic E-state index is 0.151. The van der Waals surface area contributed by atoms with Crippen molar-refractivity contribution in [2.45, 2.75) is 5.60 Å². The molecule has 0 fully saturated rings. The number of benzene rings is 1. The SMILES string of the molecule is O=C(NC[C@@](O)(c1ccoc1)c1ccco1)c1c(F)cccc1F. The quantitative estimate of drug-likeness (QED) is 0.753. The van der Waals surface area contributed by atoms with E-state index in [1.165, 1.54) is 30.9 Å². The molecule has 0 aliphatic carbocycles. The molecule has 0 aliphatic heterocycles. The van der Waals surface area contributed by atoms with E-state index < -0.39 is 28.7 Å². The van der Waals surface area contributed by atoms with Gasteiger partial charge in [-0.2, -0.15) is 0 Å². The maximum absolute atomic E-state index is 13.7. The molecule has 24 heavy (non-hydrogen) atoms. The molecule has 124 valence electrons. The van der Waals surface area contributed by atoms with Crippen molar-refractivity contribution < 1.29 is 27.5 Å². The number of carbonyl (C=O) groups excluding carboxylic acids is 1. The highest BCUT2D eigenvalue weighted by Gasteiger charge is 2.36. The van der Waals surface area contributed by atoms with E-state index >= 15 is 0 Å². The molecule has 1 atom stereocenters. The predicted octanol–water partition coefficient (Wildman–Crippen LogP) is 2.82. The van der Waals surface area contributed by atoms with E-state index in [9.17, 15) is 18.7 Å². The maximum Gasteiger partial charge on any atom is 0.257 e. The molecule has 0 radical (unpaired) electrons. The Hall–Kier alpha value is -2.93. The Bertz CT molecular complexity index is 774. The van der Waals surface area contributed by atoms with Crippen LogP contribution in [0.1, 0.15) is 21.7 Å². The molecular formula is C17H13F2NO4. The summed E-state index contributed by atoms with van der Waals surface area (Å²) in [6.45, 7) is -0.368. The summed E-state index contributed by atoms with van der Waals surface area (Å²) in [5, 5.41) is 13.2. The molecule has 7 heteroatoms. The largest absolute Gasteiger partial charge is 0.472 e. The van der Waals surface area contributed by atoms with E-state index in [-0.39, 0.29) is 12.3 Å². The minimum Gasteiger partial charge on any atom is -0.472 e. The number of halogens is 2. The van der Waals surface area contributed by atoms with Gasteiger partial charge in [0, 0.05) is 5.56 Å². The van der Waals surface area contributed by atoms with Gasteiger partial charge in [0.25, 0.3) is 5.91 Å². The van der Waals surface area contributed by atoms with Gasteiger partial charge in [-0.05, 0) is 30.3 Å². The number of aliphatic hydroxyl groups is 1. The highest BCUT2D eigenvalue weighted by atomic mass is 19.1. The van der Waals surface area contributed by atoms with Crippen molar-refractivity contribution >= 4 is 5.91 Å². The van der Waals surface area contributed by atoms with Crippen molar-refractivity contribution in [3.63, 3.8) is 0 Å². The van der Waals surface area contributed by atoms with Crippen molar-refractivity contribution in [2.75, 3.05) is 6.54 Å². The molecule has 2 heterocycles. The van der Waals surface area contributed by atoms with Gasteiger partial charge in [-0.3, -0.25) is 4.79 Å². The zero-order valence-electron chi connectivity index (χ0n) is 12.3. The van der Waals surface area contributed by atoms with Crippen LogP contribution in [0, 0.1) is 11.6 Å². The molecule has 5 nitrogen and oxygen atoms in total. The van der Waals surface area contributed by atoms with Gasteiger partial charge in [0.05, 0.1) is 25.3 Å². The Kier molecular flexibility index (Phi) is 4.18. The number of amides is 1. The first kappa shape index (κ1) is 15.9. The first-order chi connectivity index (χ1) is 11.5. The first-order valence-electron chi connectivity index (χ1n) is 7.03. The van der Waals surface area contributed by atoms with E-state index in [0.717, 1.165) is 18.2 Å². The van der Waals surface area contributed by atoms with Crippen LogP contribution in [-0.2, 0) is 5.60 Å². The van der Waals surface area contributed by atoms with Crippen LogP contribution in [-0.4, -0.2) is 17.6 Å². The number of hydrogen-bond donors (Lipinski definition) is 2. The smallest absolute Gasteiger partial charge is 0.257 e. The second-order valence-corrected chi connectivity index (χ2v) is 5.13. The van der Waals surface area contributed by atoms with Crippen LogP contribution in [0.15, 0.2) is 64.0 Å². The molecule has 1 aromatic carbocycles. The topological polar surface area (TPSA) is 75.6 Å². The van der Waals surface area contributed by atoms with Crippen LogP contribution in [0.4, 0.5) is 8.78 Å². The lowest BCUT2D eigenvalue weighted by Gasteiger charge is -2.25. The van der Waals surface area contributed by atoms with Crippen LogP contribution >= 0.6 is 0 Å². The van der Waals surface area contributed by atoms with Crippen molar-refractivity contribution in [1.82, 2.24) is 5.32 Å². The summed E-state index contributed by atoms with van der Waals surface area (Å²) in [7, 11) is 0. The van der Waals surface area contributed by atoms with Gasteiger partial charge in [-0.15, -0.1) is 0 Å². The van der Waals surface area contributed by atoms with Crippen molar-refractivity contribution in [2.24, 2.45) is 0 Å². The minimum atomic E-state index is -1.74. The standard InChI is InChI=1S/C17H13F2NO4/c18-12-3-1-4-13(19)15(12)16(21)20-10-17(22,11-6-8-23-9-11)14-5-2-7-24-14/h1-9,22H,10H2,(H,20,21)/t17-/m1/s1. The Morgan fingerprint density at radius 1 is 1.12 bits per heavy atom. The molecule has 0 bridgehead atoms. The predicted molar refractivity (Wildman–Crippen MR) is 79.1 cm³/mol. The Labute approximate surface area is 135 Å². The van der Waals surface area contributed by atoms with Crippen LogP contribution in [0.3, 0.4) is 0 Å². The summed E-state index contributed by atoms with van der Waals surface area (Å²) in [5.74, 6) is -2.81. The fraction of sp³-hybridized carbons (Fsp3) is 0.118. The zero-order chi connectivity index (χ0) is 17.2. The van der Waals surface area contributed by atoms with Gasteiger partial charge in [0.1, 0.15) is 23.0 Å². The number of rotatable bonds is 5. The van der Waals surface area contributed by atoms with E-state index in [1.54, 1.807) is 6.07 Å². The zero-order valence-corrected chi connectivity index (χ0v) is 12.3. The molecule has 0 unspecified atom stereocenters. The number of carbonyl (C=O) groups is 1. The Balaban J connectivity index is 1.86. The molecule has 1 amide bonds. The van der Waals surface area contributed by atoms with E-state index in [1.807, 2.05) is 0 Å². The lowest BCUT2D eigenvalue weighted by molar-refractivity contribution is 0.0518. The maximum atomic E-state index is 13.7. The van der Waals surface area contributed by atoms with Gasteiger partial charge in [0.2, 0.25) is 0 Å². The van der Waals surface area contributed by atoms with Gasteiger partial charge >= 0.3 is 0 Å². The third-order valence-corrected chi connectivity index (χ3v) is 3.62. The average molecular weight is 333 g/mol. The Morgan fingerprint density at radius 3 is 2.46 bits per heavy atom. The molecule has 0 spiro atoms. The summed E-state index contributed by atoms with van der Waals surface area (Å²) >= 11 is 0. The van der Waals surface area contributed by atoms with E-state index in [2.05, 4.69) is 5.32 Å². The number of nitrogens with one attached hydrogen (secondary N) is 1. The van der Waals surface area contributed by atoms with E-state index in [0.29, 0.717) is 5.56 Å². The van der Waals surface area contributed by atoms with Crippen molar-refractivity contribution in [1.29, 1.82) is 0 Å². The fourth-order valence-electron chi connectivity index (χ4n) is 2.36. The fourth-order valence-corrected chi connectivity index (χ4v) is 2.36. The molecular weight excluding hydrogens is 320 g/mol. The molecule has 0 aliphatic rings. The molecule has 2 aromatic heterocycles. The second kappa shape index (κ2) is 6.29. The third-order valence-electron chi connectivity index (χ3n) is 3.62. The highest BCUT2D eigenvalue weighted by Crippen LogP contribution is 2.30. The molecule has 0 saturated heterocycles. The molecule has 3 rings (SSSR count). The summed E-state index contributed by atoms with van der Waals surface area (Å²) in [5.41, 5.74) is -2.13. The van der Waals surface area contributed by atoms with Gasteiger partial charge in [0.15, 0.2) is 5.60 Å².